The zero-order chi connectivity index (χ0) is 18.9. The van der Waals surface area contributed by atoms with E-state index in [0.717, 1.165) is 36.9 Å². The molecule has 1 fully saturated rings. The average Bonchev–Trinajstić information content (AvgIpc) is 3.02. The quantitative estimate of drug-likeness (QED) is 0.596. The number of benzene rings is 1. The number of nitrogens with one attached hydrogen (secondary N) is 1. The van der Waals surface area contributed by atoms with Crippen LogP contribution in [0.1, 0.15) is 46.5 Å². The Hall–Kier alpha value is -1.10. The third kappa shape index (κ3) is 4.59. The smallest absolute Gasteiger partial charge is 0.229 e. The van der Waals surface area contributed by atoms with Crippen LogP contribution in [0.2, 0.25) is 10.0 Å². The summed E-state index contributed by atoms with van der Waals surface area (Å²) in [5.74, 6) is 0.866. The second-order valence-corrected chi connectivity index (χ2v) is 9.77. The molecule has 1 aromatic heterocycles. The third-order valence-electron chi connectivity index (χ3n) is 5.26. The molecule has 0 saturated heterocycles. The fourth-order valence-corrected chi connectivity index (χ4v) is 4.80. The zero-order valence-corrected chi connectivity index (χ0v) is 17.6. The van der Waals surface area contributed by atoms with E-state index in [1.807, 2.05) is 11.4 Å². The highest BCUT2D eigenvalue weighted by atomic mass is 35.5. The van der Waals surface area contributed by atoms with Crippen molar-refractivity contribution in [2.24, 2.45) is 17.3 Å². The number of carbonyl (C=O) groups excluding carboxylic acids is 1. The van der Waals surface area contributed by atoms with Gasteiger partial charge in [0.25, 0.3) is 0 Å². The van der Waals surface area contributed by atoms with Crippen molar-refractivity contribution >= 4 is 45.6 Å². The first-order chi connectivity index (χ1) is 12.2. The summed E-state index contributed by atoms with van der Waals surface area (Å²) in [4.78, 5) is 17.1. The first-order valence-electron chi connectivity index (χ1n) is 8.96. The molecule has 140 valence electrons. The molecule has 0 aliphatic heterocycles. The van der Waals surface area contributed by atoms with Gasteiger partial charge < -0.3 is 5.32 Å². The van der Waals surface area contributed by atoms with Gasteiger partial charge in [0, 0.05) is 21.9 Å². The van der Waals surface area contributed by atoms with Crippen LogP contribution < -0.4 is 5.32 Å². The predicted octanol–water partition coefficient (Wildman–Crippen LogP) is 6.91. The zero-order valence-electron chi connectivity index (χ0n) is 15.3. The van der Waals surface area contributed by atoms with Gasteiger partial charge in [0.15, 0.2) is 5.13 Å². The van der Waals surface area contributed by atoms with Crippen molar-refractivity contribution in [3.8, 4) is 11.3 Å². The van der Waals surface area contributed by atoms with Crippen LogP contribution in [0.3, 0.4) is 0 Å². The van der Waals surface area contributed by atoms with Crippen LogP contribution in [-0.2, 0) is 4.79 Å². The summed E-state index contributed by atoms with van der Waals surface area (Å²) in [5.41, 5.74) is 1.89. The van der Waals surface area contributed by atoms with E-state index in [0.29, 0.717) is 26.5 Å². The minimum absolute atomic E-state index is 0.0834. The second kappa shape index (κ2) is 7.87. The van der Waals surface area contributed by atoms with Crippen molar-refractivity contribution in [3.63, 3.8) is 0 Å². The van der Waals surface area contributed by atoms with E-state index in [-0.39, 0.29) is 11.8 Å². The predicted molar refractivity (Wildman–Crippen MR) is 111 cm³/mol. The molecule has 1 N–H and O–H groups in total. The van der Waals surface area contributed by atoms with Gasteiger partial charge in [-0.15, -0.1) is 11.3 Å². The van der Waals surface area contributed by atoms with Crippen LogP contribution in [0.15, 0.2) is 23.6 Å². The van der Waals surface area contributed by atoms with Gasteiger partial charge in [-0.3, -0.25) is 4.79 Å². The number of anilines is 1. The summed E-state index contributed by atoms with van der Waals surface area (Å²) in [6, 6.07) is 5.33. The van der Waals surface area contributed by atoms with E-state index in [9.17, 15) is 4.79 Å². The van der Waals surface area contributed by atoms with E-state index in [2.05, 4.69) is 31.1 Å². The first kappa shape index (κ1) is 19.7. The van der Waals surface area contributed by atoms with Gasteiger partial charge in [0.2, 0.25) is 5.91 Å². The van der Waals surface area contributed by atoms with E-state index in [1.165, 1.54) is 11.3 Å². The molecule has 1 amide bonds. The standard InChI is InChI=1S/C20H24Cl2N2OS/c1-20(2,3)13-6-4-12(5-7-13)18(25)24-19-23-17(11-26-19)15-9-8-14(21)10-16(15)22/h8-13H,4-7H2,1-3H3,(H,23,24,25). The summed E-state index contributed by atoms with van der Waals surface area (Å²) in [7, 11) is 0. The Kier molecular flexibility index (Phi) is 5.95. The molecular formula is C20H24Cl2N2OS. The van der Waals surface area contributed by atoms with Crippen LogP contribution in [0.4, 0.5) is 5.13 Å². The number of aromatic nitrogens is 1. The largest absolute Gasteiger partial charge is 0.302 e. The molecule has 0 unspecified atom stereocenters. The Labute approximate surface area is 169 Å². The van der Waals surface area contributed by atoms with Crippen LogP contribution in [-0.4, -0.2) is 10.9 Å². The molecule has 3 nitrogen and oxygen atoms in total. The maximum Gasteiger partial charge on any atom is 0.229 e. The first-order valence-corrected chi connectivity index (χ1v) is 10.6. The minimum Gasteiger partial charge on any atom is -0.302 e. The molecule has 0 atom stereocenters. The monoisotopic (exact) mass is 410 g/mol. The maximum atomic E-state index is 12.6. The molecule has 1 aliphatic carbocycles. The van der Waals surface area contributed by atoms with Gasteiger partial charge >= 0.3 is 0 Å². The number of amides is 1. The van der Waals surface area contributed by atoms with Crippen LogP contribution >= 0.6 is 34.5 Å². The summed E-state index contributed by atoms with van der Waals surface area (Å²) in [5, 5.41) is 6.66. The van der Waals surface area contributed by atoms with Gasteiger partial charge in [-0.2, -0.15) is 0 Å². The van der Waals surface area contributed by atoms with Crippen LogP contribution in [0.5, 0.6) is 0 Å². The molecule has 1 heterocycles. The van der Waals surface area contributed by atoms with Gasteiger partial charge in [-0.1, -0.05) is 44.0 Å². The molecule has 0 bridgehead atoms. The minimum atomic E-state index is 0.0834. The average molecular weight is 411 g/mol. The number of rotatable bonds is 3. The van der Waals surface area contributed by atoms with Crippen LogP contribution in [0.25, 0.3) is 11.3 Å². The lowest BCUT2D eigenvalue weighted by molar-refractivity contribution is -0.121. The van der Waals surface area contributed by atoms with Gasteiger partial charge in [-0.25, -0.2) is 4.98 Å². The van der Waals surface area contributed by atoms with Crippen molar-refractivity contribution in [2.45, 2.75) is 46.5 Å². The number of nitrogens with zero attached hydrogens (tertiary/aromatic N) is 1. The fourth-order valence-electron chi connectivity index (χ4n) is 3.58. The van der Waals surface area contributed by atoms with E-state index >= 15 is 0 Å². The number of halogens is 2. The van der Waals surface area contributed by atoms with E-state index < -0.39 is 0 Å². The fraction of sp³-hybridized carbons (Fsp3) is 0.500. The lowest BCUT2D eigenvalue weighted by Crippen LogP contribution is -2.31. The topological polar surface area (TPSA) is 42.0 Å². The Morgan fingerprint density at radius 2 is 1.88 bits per heavy atom. The van der Waals surface area contributed by atoms with Gasteiger partial charge in [0.1, 0.15) is 0 Å². The van der Waals surface area contributed by atoms with Crippen molar-refractivity contribution in [2.75, 3.05) is 5.32 Å². The Morgan fingerprint density at radius 1 is 1.19 bits per heavy atom. The Bertz CT molecular complexity index is 789. The van der Waals surface area contributed by atoms with Crippen LogP contribution in [0, 0.1) is 17.3 Å². The molecule has 6 heteroatoms. The van der Waals surface area contributed by atoms with Gasteiger partial charge in [0.05, 0.1) is 10.7 Å². The number of hydrogen-bond acceptors (Lipinski definition) is 3. The molecule has 0 radical (unpaired) electrons. The molecular weight excluding hydrogens is 387 g/mol. The van der Waals surface area contributed by atoms with Crippen molar-refractivity contribution in [3.05, 3.63) is 33.6 Å². The highest BCUT2D eigenvalue weighted by Gasteiger charge is 2.32. The van der Waals surface area contributed by atoms with Gasteiger partial charge in [-0.05, 0) is 55.2 Å². The third-order valence-corrected chi connectivity index (χ3v) is 6.57. The summed E-state index contributed by atoms with van der Waals surface area (Å²) >= 11 is 13.6. The molecule has 0 spiro atoms. The molecule has 26 heavy (non-hydrogen) atoms. The van der Waals surface area contributed by atoms with Crippen molar-refractivity contribution in [1.82, 2.24) is 4.98 Å². The lowest BCUT2D eigenvalue weighted by atomic mass is 9.70. The molecule has 1 aliphatic rings. The highest BCUT2D eigenvalue weighted by Crippen LogP contribution is 2.40. The summed E-state index contributed by atoms with van der Waals surface area (Å²) in [6.45, 7) is 6.87. The van der Waals surface area contributed by atoms with E-state index in [4.69, 9.17) is 23.2 Å². The Balaban J connectivity index is 1.62. The molecule has 2 aromatic rings. The van der Waals surface area contributed by atoms with Crippen molar-refractivity contribution in [1.29, 1.82) is 0 Å². The number of thiazole rings is 1. The van der Waals surface area contributed by atoms with Crippen molar-refractivity contribution < 1.29 is 4.79 Å². The molecule has 1 saturated carbocycles. The van der Waals surface area contributed by atoms with E-state index in [1.54, 1.807) is 12.1 Å². The highest BCUT2D eigenvalue weighted by molar-refractivity contribution is 7.14. The lowest BCUT2D eigenvalue weighted by Gasteiger charge is -2.36. The summed E-state index contributed by atoms with van der Waals surface area (Å²) in [6.07, 6.45) is 4.14. The normalized spacial score (nSPS) is 20.8. The molecule has 1 aromatic carbocycles. The SMILES string of the molecule is CC(C)(C)C1CCC(C(=O)Nc2nc(-c3ccc(Cl)cc3Cl)cs2)CC1. The number of carbonyl (C=O) groups is 1. The Morgan fingerprint density at radius 3 is 2.50 bits per heavy atom. The molecule has 3 rings (SSSR count). The maximum absolute atomic E-state index is 12.6. The number of hydrogen-bond donors (Lipinski definition) is 1. The summed E-state index contributed by atoms with van der Waals surface area (Å²) < 4.78 is 0. The second-order valence-electron chi connectivity index (χ2n) is 8.07.